The Bertz CT molecular complexity index is 1190. The van der Waals surface area contributed by atoms with E-state index in [9.17, 15) is 18.0 Å². The quantitative estimate of drug-likeness (QED) is 0.606. The molecule has 1 aromatic heterocycles. The summed E-state index contributed by atoms with van der Waals surface area (Å²) in [6.07, 6.45) is -3.81. The zero-order chi connectivity index (χ0) is 23.6. The maximum absolute atomic E-state index is 13.0. The lowest BCUT2D eigenvalue weighted by Crippen LogP contribution is -2.47. The molecule has 0 spiro atoms. The maximum atomic E-state index is 13.0. The second-order valence-electron chi connectivity index (χ2n) is 7.86. The van der Waals surface area contributed by atoms with Gasteiger partial charge in [0.1, 0.15) is 5.82 Å². The van der Waals surface area contributed by atoms with Crippen molar-refractivity contribution in [1.82, 2.24) is 14.9 Å². The molecular formula is C23H25F3N4O3. The predicted molar refractivity (Wildman–Crippen MR) is 119 cm³/mol. The Morgan fingerprint density at radius 2 is 1.73 bits per heavy atom. The van der Waals surface area contributed by atoms with Crippen LogP contribution in [0, 0.1) is 0 Å². The highest BCUT2D eigenvalue weighted by Crippen LogP contribution is 2.32. The number of hydrogen-bond donors (Lipinski definition) is 1. The zero-order valence-corrected chi connectivity index (χ0v) is 18.4. The monoisotopic (exact) mass is 462 g/mol. The molecule has 4 rings (SSSR count). The van der Waals surface area contributed by atoms with Gasteiger partial charge in [0.25, 0.3) is 5.56 Å². The number of piperazine rings is 1. The summed E-state index contributed by atoms with van der Waals surface area (Å²) in [6, 6.07) is 8.72. The van der Waals surface area contributed by atoms with Gasteiger partial charge in [-0.3, -0.25) is 9.69 Å². The number of fused-ring (bicyclic) bond motifs is 1. The van der Waals surface area contributed by atoms with Crippen LogP contribution in [0.5, 0.6) is 11.5 Å². The molecule has 0 atom stereocenters. The molecule has 1 fully saturated rings. The van der Waals surface area contributed by atoms with E-state index in [1.54, 1.807) is 18.2 Å². The number of ether oxygens (including phenoxy) is 2. The molecule has 10 heteroatoms. The molecule has 33 heavy (non-hydrogen) atoms. The lowest BCUT2D eigenvalue weighted by atomic mass is 10.1. The Kier molecular flexibility index (Phi) is 6.46. The van der Waals surface area contributed by atoms with Crippen LogP contribution in [0.1, 0.15) is 11.4 Å². The van der Waals surface area contributed by atoms with Crippen LogP contribution >= 0.6 is 0 Å². The van der Waals surface area contributed by atoms with E-state index in [1.165, 1.54) is 26.4 Å². The number of H-pyrrole nitrogens is 1. The highest BCUT2D eigenvalue weighted by atomic mass is 19.4. The van der Waals surface area contributed by atoms with Crippen LogP contribution in [0.25, 0.3) is 10.9 Å². The molecular weight excluding hydrogens is 437 g/mol. The van der Waals surface area contributed by atoms with Gasteiger partial charge in [0, 0.05) is 50.9 Å². The highest BCUT2D eigenvalue weighted by Gasteiger charge is 2.31. The molecule has 3 aromatic rings. The Hall–Kier alpha value is -3.27. The second-order valence-corrected chi connectivity index (χ2v) is 7.86. The van der Waals surface area contributed by atoms with Crippen molar-refractivity contribution in [3.63, 3.8) is 0 Å². The molecule has 0 radical (unpaired) electrons. The van der Waals surface area contributed by atoms with E-state index in [0.29, 0.717) is 73.1 Å². The molecule has 0 bridgehead atoms. The van der Waals surface area contributed by atoms with E-state index < -0.39 is 11.7 Å². The fourth-order valence-corrected chi connectivity index (χ4v) is 4.01. The number of nitrogens with one attached hydrogen (secondary N) is 1. The second kappa shape index (κ2) is 9.30. The highest BCUT2D eigenvalue weighted by molar-refractivity contribution is 5.81. The molecule has 1 N–H and O–H groups in total. The molecule has 2 aromatic carbocycles. The Morgan fingerprint density at radius 1 is 1.03 bits per heavy atom. The van der Waals surface area contributed by atoms with Crippen molar-refractivity contribution in [2.45, 2.75) is 12.6 Å². The van der Waals surface area contributed by atoms with E-state index in [-0.39, 0.29) is 5.56 Å². The third kappa shape index (κ3) is 5.05. The smallest absolute Gasteiger partial charge is 0.416 e. The average Bonchev–Trinajstić information content (AvgIpc) is 2.82. The normalized spacial score (nSPS) is 15.1. The Labute approximate surface area is 188 Å². The van der Waals surface area contributed by atoms with Crippen LogP contribution in [-0.4, -0.2) is 61.8 Å². The molecule has 0 amide bonds. The van der Waals surface area contributed by atoms with Gasteiger partial charge in [-0.25, -0.2) is 4.98 Å². The van der Waals surface area contributed by atoms with E-state index in [2.05, 4.69) is 14.9 Å². The first-order chi connectivity index (χ1) is 15.8. The van der Waals surface area contributed by atoms with Gasteiger partial charge in [0.15, 0.2) is 11.5 Å². The third-order valence-electron chi connectivity index (χ3n) is 5.84. The van der Waals surface area contributed by atoms with Gasteiger partial charge in [0.05, 0.1) is 30.7 Å². The van der Waals surface area contributed by atoms with Gasteiger partial charge < -0.3 is 19.4 Å². The van der Waals surface area contributed by atoms with Crippen LogP contribution in [0.3, 0.4) is 0 Å². The van der Waals surface area contributed by atoms with E-state index in [1.807, 2.05) is 4.90 Å². The molecule has 1 saturated heterocycles. The van der Waals surface area contributed by atoms with E-state index in [4.69, 9.17) is 9.47 Å². The first-order valence-corrected chi connectivity index (χ1v) is 10.6. The minimum absolute atomic E-state index is 0.245. The van der Waals surface area contributed by atoms with E-state index >= 15 is 0 Å². The number of methoxy groups -OCH3 is 2. The third-order valence-corrected chi connectivity index (χ3v) is 5.84. The van der Waals surface area contributed by atoms with Crippen LogP contribution in [0.4, 0.5) is 18.9 Å². The van der Waals surface area contributed by atoms with Crippen molar-refractivity contribution in [3.8, 4) is 11.5 Å². The topological polar surface area (TPSA) is 70.7 Å². The number of alkyl halides is 3. The molecule has 0 unspecified atom stereocenters. The lowest BCUT2D eigenvalue weighted by molar-refractivity contribution is -0.137. The van der Waals surface area contributed by atoms with Gasteiger partial charge in [-0.05, 0) is 24.3 Å². The van der Waals surface area contributed by atoms with Crippen LogP contribution < -0.4 is 19.9 Å². The zero-order valence-electron chi connectivity index (χ0n) is 18.4. The summed E-state index contributed by atoms with van der Waals surface area (Å²) < 4.78 is 49.5. The number of nitrogens with zero attached hydrogens (tertiary/aromatic N) is 3. The minimum atomic E-state index is -4.35. The molecule has 0 aliphatic carbocycles. The molecule has 7 nitrogen and oxygen atoms in total. The van der Waals surface area contributed by atoms with Gasteiger partial charge >= 0.3 is 6.18 Å². The molecule has 2 heterocycles. The van der Waals surface area contributed by atoms with Gasteiger partial charge in [-0.1, -0.05) is 6.07 Å². The molecule has 0 saturated carbocycles. The van der Waals surface area contributed by atoms with Crippen molar-refractivity contribution in [2.75, 3.05) is 51.8 Å². The fraction of sp³-hybridized carbons (Fsp3) is 0.391. The number of benzene rings is 2. The number of halogens is 3. The number of anilines is 1. The Morgan fingerprint density at radius 3 is 2.39 bits per heavy atom. The average molecular weight is 462 g/mol. The molecule has 176 valence electrons. The van der Waals surface area contributed by atoms with Crippen molar-refractivity contribution < 1.29 is 22.6 Å². The van der Waals surface area contributed by atoms with Gasteiger partial charge in [-0.15, -0.1) is 0 Å². The van der Waals surface area contributed by atoms with Crippen LogP contribution in [0.2, 0.25) is 0 Å². The van der Waals surface area contributed by atoms with Crippen LogP contribution in [-0.2, 0) is 12.6 Å². The summed E-state index contributed by atoms with van der Waals surface area (Å²) in [7, 11) is 3.03. The van der Waals surface area contributed by atoms with Crippen molar-refractivity contribution in [2.24, 2.45) is 0 Å². The van der Waals surface area contributed by atoms with Gasteiger partial charge in [-0.2, -0.15) is 13.2 Å². The Balaban J connectivity index is 1.39. The standard InChI is InChI=1S/C23H25F3N4O3/c1-32-19-13-17-18(14-20(19)33-2)27-21(28-22(17)31)6-7-29-8-10-30(11-9-29)16-5-3-4-15(12-16)23(24,25)26/h3-5,12-14H,6-11H2,1-2H3,(H,27,28,31). The predicted octanol–water partition coefficient (Wildman–Crippen LogP) is 3.32. The lowest BCUT2D eigenvalue weighted by Gasteiger charge is -2.36. The fourth-order valence-electron chi connectivity index (χ4n) is 4.01. The summed E-state index contributed by atoms with van der Waals surface area (Å²) in [6.45, 7) is 3.34. The summed E-state index contributed by atoms with van der Waals surface area (Å²) >= 11 is 0. The van der Waals surface area contributed by atoms with Crippen LogP contribution in [0.15, 0.2) is 41.2 Å². The maximum Gasteiger partial charge on any atom is 0.416 e. The minimum Gasteiger partial charge on any atom is -0.493 e. The number of rotatable bonds is 6. The number of aromatic nitrogens is 2. The SMILES string of the molecule is COc1cc2nc(CCN3CCN(c4cccc(C(F)(F)F)c4)CC3)[nH]c(=O)c2cc1OC. The summed E-state index contributed by atoms with van der Waals surface area (Å²) in [5.41, 5.74) is 0.225. The summed E-state index contributed by atoms with van der Waals surface area (Å²) in [5, 5.41) is 0.422. The summed E-state index contributed by atoms with van der Waals surface area (Å²) in [4.78, 5) is 24.1. The molecule has 1 aliphatic rings. The van der Waals surface area contributed by atoms with Crippen molar-refractivity contribution in [3.05, 3.63) is 58.1 Å². The van der Waals surface area contributed by atoms with Gasteiger partial charge in [0.2, 0.25) is 0 Å². The first kappa shape index (κ1) is 22.9. The van der Waals surface area contributed by atoms with E-state index in [0.717, 1.165) is 6.07 Å². The largest absolute Gasteiger partial charge is 0.493 e. The first-order valence-electron chi connectivity index (χ1n) is 10.6. The number of aromatic amines is 1. The molecule has 1 aliphatic heterocycles. The van der Waals surface area contributed by atoms with Crippen molar-refractivity contribution in [1.29, 1.82) is 0 Å². The number of hydrogen-bond acceptors (Lipinski definition) is 6. The summed E-state index contributed by atoms with van der Waals surface area (Å²) in [5.74, 6) is 1.53. The van der Waals surface area contributed by atoms with Crippen molar-refractivity contribution >= 4 is 16.6 Å².